The van der Waals surface area contributed by atoms with Gasteiger partial charge in [0.15, 0.2) is 5.43 Å². The SMILES string of the molecule is COc1ccc(-c2coc3cc(OC(=O)C4CCCCC4)ccc3c2=O)cc1. The summed E-state index contributed by atoms with van der Waals surface area (Å²) in [5.74, 6) is 0.895. The van der Waals surface area contributed by atoms with Gasteiger partial charge in [0.1, 0.15) is 23.3 Å². The third-order valence-electron chi connectivity index (χ3n) is 5.30. The van der Waals surface area contributed by atoms with Crippen molar-refractivity contribution in [3.63, 3.8) is 0 Å². The van der Waals surface area contributed by atoms with Gasteiger partial charge in [-0.3, -0.25) is 9.59 Å². The molecular weight excluding hydrogens is 356 g/mol. The fraction of sp³-hybridized carbons (Fsp3) is 0.304. The van der Waals surface area contributed by atoms with Crippen LogP contribution in [0.15, 0.2) is 57.9 Å². The van der Waals surface area contributed by atoms with Gasteiger partial charge >= 0.3 is 5.97 Å². The average molecular weight is 378 g/mol. The molecule has 1 fully saturated rings. The van der Waals surface area contributed by atoms with Gasteiger partial charge in [-0.25, -0.2) is 0 Å². The van der Waals surface area contributed by atoms with Crippen molar-refractivity contribution in [2.75, 3.05) is 7.11 Å². The van der Waals surface area contributed by atoms with Crippen LogP contribution in [-0.4, -0.2) is 13.1 Å². The quantitative estimate of drug-likeness (QED) is 0.474. The maximum Gasteiger partial charge on any atom is 0.314 e. The molecule has 0 N–H and O–H groups in total. The summed E-state index contributed by atoms with van der Waals surface area (Å²) >= 11 is 0. The van der Waals surface area contributed by atoms with Crippen LogP contribution in [0.2, 0.25) is 0 Å². The number of carbonyl (C=O) groups is 1. The second-order valence-corrected chi connectivity index (χ2v) is 7.12. The normalized spacial score (nSPS) is 14.8. The highest BCUT2D eigenvalue weighted by Gasteiger charge is 2.23. The molecule has 0 radical (unpaired) electrons. The molecule has 28 heavy (non-hydrogen) atoms. The van der Waals surface area contributed by atoms with Crippen LogP contribution < -0.4 is 14.9 Å². The molecule has 0 aliphatic heterocycles. The third-order valence-corrected chi connectivity index (χ3v) is 5.30. The van der Waals surface area contributed by atoms with Crippen LogP contribution in [0.3, 0.4) is 0 Å². The van der Waals surface area contributed by atoms with E-state index in [1.807, 2.05) is 12.1 Å². The molecule has 1 aromatic heterocycles. The molecule has 5 heteroatoms. The largest absolute Gasteiger partial charge is 0.497 e. The standard InChI is InChI=1S/C23H22O5/c1-26-17-9-7-15(8-10-17)20-14-27-21-13-18(11-12-19(21)22(20)24)28-23(25)16-5-3-2-4-6-16/h7-14,16H,2-6H2,1H3. The van der Waals surface area contributed by atoms with E-state index in [4.69, 9.17) is 13.9 Å². The fourth-order valence-electron chi connectivity index (χ4n) is 3.68. The lowest BCUT2D eigenvalue weighted by atomic mass is 9.89. The highest BCUT2D eigenvalue weighted by Crippen LogP contribution is 2.28. The molecule has 0 bridgehead atoms. The lowest BCUT2D eigenvalue weighted by Crippen LogP contribution is -2.22. The second-order valence-electron chi connectivity index (χ2n) is 7.12. The summed E-state index contributed by atoms with van der Waals surface area (Å²) in [4.78, 5) is 25.2. The van der Waals surface area contributed by atoms with E-state index in [0.717, 1.165) is 37.0 Å². The first-order chi connectivity index (χ1) is 13.7. The first kappa shape index (κ1) is 18.3. The molecule has 1 saturated carbocycles. The Bertz CT molecular complexity index is 1040. The Hall–Kier alpha value is -3.08. The topological polar surface area (TPSA) is 65.7 Å². The van der Waals surface area contributed by atoms with Crippen molar-refractivity contribution in [1.29, 1.82) is 0 Å². The molecule has 0 spiro atoms. The highest BCUT2D eigenvalue weighted by atomic mass is 16.5. The van der Waals surface area contributed by atoms with E-state index in [2.05, 4.69) is 0 Å². The Balaban J connectivity index is 1.60. The summed E-state index contributed by atoms with van der Waals surface area (Å²) in [6.45, 7) is 0. The van der Waals surface area contributed by atoms with Gasteiger partial charge in [0, 0.05) is 6.07 Å². The third kappa shape index (κ3) is 3.65. The zero-order valence-corrected chi connectivity index (χ0v) is 15.8. The molecule has 0 unspecified atom stereocenters. The summed E-state index contributed by atoms with van der Waals surface area (Å²) in [7, 11) is 1.60. The second kappa shape index (κ2) is 7.89. The van der Waals surface area contributed by atoms with Crippen LogP contribution in [0.1, 0.15) is 32.1 Å². The minimum Gasteiger partial charge on any atom is -0.497 e. The van der Waals surface area contributed by atoms with Crippen LogP contribution in [0, 0.1) is 5.92 Å². The van der Waals surface area contributed by atoms with E-state index in [9.17, 15) is 9.59 Å². The maximum atomic E-state index is 12.9. The van der Waals surface area contributed by atoms with Crippen molar-refractivity contribution in [2.24, 2.45) is 5.92 Å². The number of methoxy groups -OCH3 is 1. The van der Waals surface area contributed by atoms with Crippen LogP contribution in [0.25, 0.3) is 22.1 Å². The average Bonchev–Trinajstić information content (AvgIpc) is 2.75. The van der Waals surface area contributed by atoms with Gasteiger partial charge in [-0.05, 0) is 42.7 Å². The smallest absolute Gasteiger partial charge is 0.314 e. The Kier molecular flexibility index (Phi) is 5.15. The number of rotatable bonds is 4. The Labute approximate surface area is 162 Å². The number of ether oxygens (including phenoxy) is 2. The molecular formula is C23H22O5. The number of carbonyl (C=O) groups excluding carboxylic acids is 1. The zero-order chi connectivity index (χ0) is 19.5. The summed E-state index contributed by atoms with van der Waals surface area (Å²) in [5.41, 5.74) is 1.50. The molecule has 1 heterocycles. The number of hydrogen-bond acceptors (Lipinski definition) is 5. The first-order valence-corrected chi connectivity index (χ1v) is 9.57. The molecule has 0 amide bonds. The van der Waals surface area contributed by atoms with E-state index in [1.54, 1.807) is 37.4 Å². The predicted molar refractivity (Wildman–Crippen MR) is 107 cm³/mol. The van der Waals surface area contributed by atoms with E-state index in [1.165, 1.54) is 12.7 Å². The molecule has 144 valence electrons. The molecule has 4 rings (SSSR count). The van der Waals surface area contributed by atoms with Gasteiger partial charge in [-0.1, -0.05) is 31.4 Å². The van der Waals surface area contributed by atoms with Gasteiger partial charge in [-0.15, -0.1) is 0 Å². The van der Waals surface area contributed by atoms with Crippen molar-refractivity contribution in [1.82, 2.24) is 0 Å². The van der Waals surface area contributed by atoms with Crippen LogP contribution in [-0.2, 0) is 4.79 Å². The number of hydrogen-bond donors (Lipinski definition) is 0. The van der Waals surface area contributed by atoms with Crippen molar-refractivity contribution in [3.05, 3.63) is 59.0 Å². The van der Waals surface area contributed by atoms with E-state index < -0.39 is 0 Å². The summed E-state index contributed by atoms with van der Waals surface area (Å²) in [6, 6.07) is 12.1. The Morgan fingerprint density at radius 2 is 1.71 bits per heavy atom. The molecule has 3 aromatic rings. The fourth-order valence-corrected chi connectivity index (χ4v) is 3.68. The number of benzene rings is 2. The van der Waals surface area contributed by atoms with Crippen LogP contribution in [0.4, 0.5) is 0 Å². The Morgan fingerprint density at radius 3 is 2.43 bits per heavy atom. The minimum atomic E-state index is -0.198. The van der Waals surface area contributed by atoms with Crippen molar-refractivity contribution in [3.8, 4) is 22.6 Å². The molecule has 1 aliphatic carbocycles. The number of fused-ring (bicyclic) bond motifs is 1. The van der Waals surface area contributed by atoms with Gasteiger partial charge < -0.3 is 13.9 Å². The van der Waals surface area contributed by atoms with E-state index in [-0.39, 0.29) is 17.3 Å². The van der Waals surface area contributed by atoms with E-state index in [0.29, 0.717) is 22.3 Å². The van der Waals surface area contributed by atoms with Crippen molar-refractivity contribution in [2.45, 2.75) is 32.1 Å². The molecule has 5 nitrogen and oxygen atoms in total. The Morgan fingerprint density at radius 1 is 1.00 bits per heavy atom. The molecule has 0 atom stereocenters. The lowest BCUT2D eigenvalue weighted by Gasteiger charge is -2.19. The highest BCUT2D eigenvalue weighted by molar-refractivity contribution is 5.84. The van der Waals surface area contributed by atoms with Gasteiger partial charge in [0.25, 0.3) is 0 Å². The summed E-state index contributed by atoms with van der Waals surface area (Å²) in [6.07, 6.45) is 6.53. The molecule has 0 saturated heterocycles. The minimum absolute atomic E-state index is 0.0334. The van der Waals surface area contributed by atoms with Crippen molar-refractivity contribution >= 4 is 16.9 Å². The van der Waals surface area contributed by atoms with Gasteiger partial charge in [0.2, 0.25) is 0 Å². The van der Waals surface area contributed by atoms with Gasteiger partial charge in [0.05, 0.1) is 24.0 Å². The predicted octanol–water partition coefficient (Wildman–Crippen LogP) is 4.95. The monoisotopic (exact) mass is 378 g/mol. The van der Waals surface area contributed by atoms with Gasteiger partial charge in [-0.2, -0.15) is 0 Å². The number of esters is 1. The first-order valence-electron chi connectivity index (χ1n) is 9.57. The van der Waals surface area contributed by atoms with Crippen LogP contribution >= 0.6 is 0 Å². The van der Waals surface area contributed by atoms with E-state index >= 15 is 0 Å². The molecule has 2 aromatic carbocycles. The summed E-state index contributed by atoms with van der Waals surface area (Å²) < 4.78 is 16.4. The molecule has 1 aliphatic rings. The zero-order valence-electron chi connectivity index (χ0n) is 15.8. The summed E-state index contributed by atoms with van der Waals surface area (Å²) in [5, 5.41) is 0.450. The van der Waals surface area contributed by atoms with Crippen molar-refractivity contribution < 1.29 is 18.7 Å². The lowest BCUT2D eigenvalue weighted by molar-refractivity contribution is -0.139. The van der Waals surface area contributed by atoms with Crippen LogP contribution in [0.5, 0.6) is 11.5 Å². The maximum absolute atomic E-state index is 12.9.